The Labute approximate surface area is 108 Å². The average Bonchev–Trinajstić information content (AvgIpc) is 2.41. The Morgan fingerprint density at radius 2 is 2.17 bits per heavy atom. The molecular formula is C14H20N4. The summed E-state index contributed by atoms with van der Waals surface area (Å²) in [6.45, 7) is 3.22. The third kappa shape index (κ3) is 3.43. The molecule has 1 saturated carbocycles. The van der Waals surface area contributed by atoms with E-state index in [4.69, 9.17) is 5.26 Å². The summed E-state index contributed by atoms with van der Waals surface area (Å²) in [5, 5.41) is 19.9. The van der Waals surface area contributed by atoms with E-state index in [1.54, 1.807) is 12.3 Å². The van der Waals surface area contributed by atoms with Crippen LogP contribution in [-0.2, 0) is 0 Å². The fraction of sp³-hybridized carbons (Fsp3) is 0.643. The van der Waals surface area contributed by atoms with Crippen molar-refractivity contribution in [3.8, 4) is 6.07 Å². The fourth-order valence-electron chi connectivity index (χ4n) is 2.57. The fourth-order valence-corrected chi connectivity index (χ4v) is 2.57. The standard InChI is InChI=1S/C14H20N4/c1-11-2-4-12(5-3-11)6-8-16-14-13(10-15)7-9-17-18-14/h7,9,11-12H,2-6,8H2,1H3,(H,16,18). The summed E-state index contributed by atoms with van der Waals surface area (Å²) in [6, 6.07) is 3.82. The molecule has 1 aliphatic carbocycles. The maximum Gasteiger partial charge on any atom is 0.166 e. The molecule has 0 radical (unpaired) electrons. The first-order valence-corrected chi connectivity index (χ1v) is 6.75. The molecule has 2 rings (SSSR count). The van der Waals surface area contributed by atoms with Crippen LogP contribution < -0.4 is 5.32 Å². The number of anilines is 1. The molecule has 1 heterocycles. The minimum Gasteiger partial charge on any atom is -0.367 e. The Balaban J connectivity index is 1.77. The van der Waals surface area contributed by atoms with Crippen LogP contribution in [0.3, 0.4) is 0 Å². The predicted octanol–water partition coefficient (Wildman–Crippen LogP) is 2.98. The number of nitriles is 1. The number of rotatable bonds is 4. The number of aromatic nitrogens is 2. The van der Waals surface area contributed by atoms with Gasteiger partial charge in [0.2, 0.25) is 0 Å². The van der Waals surface area contributed by atoms with Crippen molar-refractivity contribution in [3.63, 3.8) is 0 Å². The lowest BCUT2D eigenvalue weighted by atomic mass is 9.81. The molecule has 1 aliphatic rings. The van der Waals surface area contributed by atoms with E-state index in [-0.39, 0.29) is 0 Å². The molecule has 96 valence electrons. The Hall–Kier alpha value is -1.63. The van der Waals surface area contributed by atoms with Gasteiger partial charge in [-0.05, 0) is 24.3 Å². The quantitative estimate of drug-likeness (QED) is 0.884. The van der Waals surface area contributed by atoms with Gasteiger partial charge in [-0.15, -0.1) is 5.10 Å². The van der Waals surface area contributed by atoms with Gasteiger partial charge in [-0.25, -0.2) is 0 Å². The zero-order chi connectivity index (χ0) is 12.8. The molecule has 1 fully saturated rings. The Morgan fingerprint density at radius 1 is 1.39 bits per heavy atom. The summed E-state index contributed by atoms with van der Waals surface area (Å²) in [6.07, 6.45) is 8.11. The van der Waals surface area contributed by atoms with Gasteiger partial charge in [-0.1, -0.05) is 32.6 Å². The van der Waals surface area contributed by atoms with E-state index >= 15 is 0 Å². The largest absolute Gasteiger partial charge is 0.367 e. The number of hydrogen-bond donors (Lipinski definition) is 1. The summed E-state index contributed by atoms with van der Waals surface area (Å²) in [4.78, 5) is 0. The third-order valence-corrected chi connectivity index (χ3v) is 3.82. The van der Waals surface area contributed by atoms with Crippen molar-refractivity contribution in [2.75, 3.05) is 11.9 Å². The highest BCUT2D eigenvalue weighted by atomic mass is 15.2. The SMILES string of the molecule is CC1CCC(CCNc2nnccc2C#N)CC1. The van der Waals surface area contributed by atoms with Crippen LogP contribution >= 0.6 is 0 Å². The van der Waals surface area contributed by atoms with Crippen LogP contribution in [0.2, 0.25) is 0 Å². The van der Waals surface area contributed by atoms with Crippen LogP contribution in [0.25, 0.3) is 0 Å². The summed E-state index contributed by atoms with van der Waals surface area (Å²) < 4.78 is 0. The highest BCUT2D eigenvalue weighted by Crippen LogP contribution is 2.30. The van der Waals surface area contributed by atoms with Crippen molar-refractivity contribution < 1.29 is 0 Å². The summed E-state index contributed by atoms with van der Waals surface area (Å²) in [7, 11) is 0. The lowest BCUT2D eigenvalue weighted by Crippen LogP contribution is -2.16. The van der Waals surface area contributed by atoms with Gasteiger partial charge in [0.05, 0.1) is 11.8 Å². The smallest absolute Gasteiger partial charge is 0.166 e. The maximum atomic E-state index is 8.94. The number of nitrogens with zero attached hydrogens (tertiary/aromatic N) is 3. The Kier molecular flexibility index (Phi) is 4.52. The highest BCUT2D eigenvalue weighted by molar-refractivity contribution is 5.49. The van der Waals surface area contributed by atoms with Crippen LogP contribution in [0, 0.1) is 23.2 Å². The zero-order valence-corrected chi connectivity index (χ0v) is 10.9. The van der Waals surface area contributed by atoms with Crippen molar-refractivity contribution in [3.05, 3.63) is 17.8 Å². The van der Waals surface area contributed by atoms with E-state index in [1.165, 1.54) is 25.7 Å². The molecule has 0 saturated heterocycles. The van der Waals surface area contributed by atoms with E-state index in [0.717, 1.165) is 24.8 Å². The van der Waals surface area contributed by atoms with E-state index in [0.29, 0.717) is 11.4 Å². The topological polar surface area (TPSA) is 61.6 Å². The molecule has 0 aliphatic heterocycles. The molecule has 0 atom stereocenters. The molecular weight excluding hydrogens is 224 g/mol. The highest BCUT2D eigenvalue weighted by Gasteiger charge is 2.17. The van der Waals surface area contributed by atoms with Gasteiger partial charge < -0.3 is 5.32 Å². The normalized spacial score (nSPS) is 23.3. The molecule has 0 bridgehead atoms. The van der Waals surface area contributed by atoms with Crippen molar-refractivity contribution >= 4 is 5.82 Å². The predicted molar refractivity (Wildman–Crippen MR) is 71.0 cm³/mol. The molecule has 0 spiro atoms. The van der Waals surface area contributed by atoms with E-state index in [1.807, 2.05) is 0 Å². The maximum absolute atomic E-state index is 8.94. The molecule has 4 nitrogen and oxygen atoms in total. The summed E-state index contributed by atoms with van der Waals surface area (Å²) in [5.74, 6) is 2.35. The number of nitrogens with one attached hydrogen (secondary N) is 1. The second kappa shape index (κ2) is 6.34. The monoisotopic (exact) mass is 244 g/mol. The van der Waals surface area contributed by atoms with Gasteiger partial charge in [0.15, 0.2) is 5.82 Å². The van der Waals surface area contributed by atoms with Crippen molar-refractivity contribution in [1.82, 2.24) is 10.2 Å². The first kappa shape index (κ1) is 12.8. The van der Waals surface area contributed by atoms with Crippen LogP contribution in [0.4, 0.5) is 5.82 Å². The number of hydrogen-bond acceptors (Lipinski definition) is 4. The first-order valence-electron chi connectivity index (χ1n) is 6.75. The van der Waals surface area contributed by atoms with E-state index < -0.39 is 0 Å². The van der Waals surface area contributed by atoms with Gasteiger partial charge in [0.25, 0.3) is 0 Å². The first-order chi connectivity index (χ1) is 8.79. The van der Waals surface area contributed by atoms with E-state index in [9.17, 15) is 0 Å². The van der Waals surface area contributed by atoms with Crippen molar-refractivity contribution in [2.45, 2.75) is 39.0 Å². The third-order valence-electron chi connectivity index (χ3n) is 3.82. The van der Waals surface area contributed by atoms with Crippen LogP contribution in [0.15, 0.2) is 12.3 Å². The summed E-state index contributed by atoms with van der Waals surface area (Å²) in [5.41, 5.74) is 0.572. The molecule has 1 N–H and O–H groups in total. The van der Waals surface area contributed by atoms with Gasteiger partial charge in [-0.3, -0.25) is 0 Å². The lowest BCUT2D eigenvalue weighted by molar-refractivity contribution is 0.282. The Morgan fingerprint density at radius 3 is 2.89 bits per heavy atom. The minimum absolute atomic E-state index is 0.572. The molecule has 18 heavy (non-hydrogen) atoms. The molecule has 0 amide bonds. The van der Waals surface area contributed by atoms with Gasteiger partial charge in [0, 0.05) is 6.54 Å². The Bertz CT molecular complexity index is 416. The average molecular weight is 244 g/mol. The molecule has 0 unspecified atom stereocenters. The van der Waals surface area contributed by atoms with Crippen molar-refractivity contribution in [1.29, 1.82) is 5.26 Å². The zero-order valence-electron chi connectivity index (χ0n) is 10.9. The van der Waals surface area contributed by atoms with Gasteiger partial charge in [0.1, 0.15) is 6.07 Å². The molecule has 1 aromatic heterocycles. The van der Waals surface area contributed by atoms with Gasteiger partial charge >= 0.3 is 0 Å². The second-order valence-corrected chi connectivity index (χ2v) is 5.25. The van der Waals surface area contributed by atoms with Crippen LogP contribution in [-0.4, -0.2) is 16.7 Å². The molecule has 0 aromatic carbocycles. The molecule has 4 heteroatoms. The lowest BCUT2D eigenvalue weighted by Gasteiger charge is -2.26. The minimum atomic E-state index is 0.572. The van der Waals surface area contributed by atoms with Crippen molar-refractivity contribution in [2.24, 2.45) is 11.8 Å². The van der Waals surface area contributed by atoms with E-state index in [2.05, 4.69) is 28.5 Å². The second-order valence-electron chi connectivity index (χ2n) is 5.25. The molecule has 1 aromatic rings. The van der Waals surface area contributed by atoms with Gasteiger partial charge in [-0.2, -0.15) is 10.4 Å². The van der Waals surface area contributed by atoms with Crippen LogP contribution in [0.1, 0.15) is 44.6 Å². The van der Waals surface area contributed by atoms with Crippen LogP contribution in [0.5, 0.6) is 0 Å². The summed E-state index contributed by atoms with van der Waals surface area (Å²) >= 11 is 0.